The van der Waals surface area contributed by atoms with Crippen molar-refractivity contribution in [1.29, 1.82) is 0 Å². The lowest BCUT2D eigenvalue weighted by Gasteiger charge is -2.10. The Morgan fingerprint density at radius 1 is 1.16 bits per heavy atom. The molecule has 19 heavy (non-hydrogen) atoms. The number of hydrogen-bond acceptors (Lipinski definition) is 4. The molecule has 0 aliphatic heterocycles. The van der Waals surface area contributed by atoms with Crippen LogP contribution in [0.15, 0.2) is 30.6 Å². The van der Waals surface area contributed by atoms with Crippen LogP contribution in [0.1, 0.15) is 27.3 Å². The fourth-order valence-corrected chi connectivity index (χ4v) is 2.10. The molecule has 1 aromatic carbocycles. The highest BCUT2D eigenvalue weighted by Crippen LogP contribution is 2.24. The minimum Gasteiger partial charge on any atom is -0.496 e. The molecule has 1 heterocycles. The first-order chi connectivity index (χ1) is 9.11. The number of Topliss-reactive ketones (excluding diaryl/α,β-unsaturated/α-hetero) is 1. The Morgan fingerprint density at radius 3 is 2.26 bits per heavy atom. The Bertz CT molecular complexity index is 571. The highest BCUT2D eigenvalue weighted by atomic mass is 16.5. The van der Waals surface area contributed by atoms with Crippen LogP contribution in [-0.2, 0) is 6.42 Å². The number of aromatic nitrogens is 2. The zero-order valence-corrected chi connectivity index (χ0v) is 11.3. The minimum atomic E-state index is 0.0139. The van der Waals surface area contributed by atoms with E-state index >= 15 is 0 Å². The van der Waals surface area contributed by atoms with Gasteiger partial charge in [0.15, 0.2) is 5.78 Å². The van der Waals surface area contributed by atoms with Gasteiger partial charge in [-0.2, -0.15) is 0 Å². The molecule has 0 N–H and O–H groups in total. The standard InChI is InChI=1S/C15H16N2O2/c1-10-7-12(8-11(2)15(10)19-3)13(18)9-14-16-5-4-6-17-14/h4-8H,9H2,1-3H3. The monoisotopic (exact) mass is 256 g/mol. The van der Waals surface area contributed by atoms with Crippen molar-refractivity contribution in [2.24, 2.45) is 0 Å². The van der Waals surface area contributed by atoms with Crippen molar-refractivity contribution in [2.75, 3.05) is 7.11 Å². The number of methoxy groups -OCH3 is 1. The van der Waals surface area contributed by atoms with Gasteiger partial charge in [0.2, 0.25) is 0 Å². The van der Waals surface area contributed by atoms with Crippen LogP contribution in [0.5, 0.6) is 5.75 Å². The van der Waals surface area contributed by atoms with Crippen molar-refractivity contribution in [1.82, 2.24) is 9.97 Å². The summed E-state index contributed by atoms with van der Waals surface area (Å²) in [4.78, 5) is 20.3. The summed E-state index contributed by atoms with van der Waals surface area (Å²) in [5, 5.41) is 0. The zero-order chi connectivity index (χ0) is 13.8. The van der Waals surface area contributed by atoms with Crippen molar-refractivity contribution in [3.05, 3.63) is 53.1 Å². The summed E-state index contributed by atoms with van der Waals surface area (Å²) in [6.07, 6.45) is 3.49. The summed E-state index contributed by atoms with van der Waals surface area (Å²) in [6.45, 7) is 3.86. The summed E-state index contributed by atoms with van der Waals surface area (Å²) >= 11 is 0. The van der Waals surface area contributed by atoms with E-state index in [2.05, 4.69) is 9.97 Å². The molecule has 0 spiro atoms. The fraction of sp³-hybridized carbons (Fsp3) is 0.267. The molecule has 0 unspecified atom stereocenters. The molecule has 0 atom stereocenters. The number of ketones is 1. The maximum atomic E-state index is 12.2. The van der Waals surface area contributed by atoms with Gasteiger partial charge in [-0.3, -0.25) is 4.79 Å². The van der Waals surface area contributed by atoms with Crippen molar-refractivity contribution < 1.29 is 9.53 Å². The summed E-state index contributed by atoms with van der Waals surface area (Å²) in [5.74, 6) is 1.38. The third kappa shape index (κ3) is 2.96. The Balaban J connectivity index is 2.25. The van der Waals surface area contributed by atoms with Crippen LogP contribution in [-0.4, -0.2) is 22.9 Å². The number of hydrogen-bond donors (Lipinski definition) is 0. The largest absolute Gasteiger partial charge is 0.496 e. The van der Waals surface area contributed by atoms with E-state index in [0.29, 0.717) is 11.4 Å². The van der Waals surface area contributed by atoms with E-state index in [0.717, 1.165) is 16.9 Å². The van der Waals surface area contributed by atoms with Gasteiger partial charge in [-0.05, 0) is 43.2 Å². The molecular weight excluding hydrogens is 240 g/mol. The normalized spacial score (nSPS) is 10.3. The van der Waals surface area contributed by atoms with Gasteiger partial charge in [0.1, 0.15) is 11.6 Å². The molecule has 4 heteroatoms. The van der Waals surface area contributed by atoms with E-state index in [1.165, 1.54) is 0 Å². The number of rotatable bonds is 4. The third-order valence-corrected chi connectivity index (χ3v) is 2.92. The predicted octanol–water partition coefficient (Wildman–Crippen LogP) is 2.53. The molecule has 0 amide bonds. The quantitative estimate of drug-likeness (QED) is 0.789. The number of aryl methyl sites for hydroxylation is 2. The number of benzene rings is 1. The summed E-state index contributed by atoms with van der Waals surface area (Å²) in [5.41, 5.74) is 2.59. The van der Waals surface area contributed by atoms with Gasteiger partial charge in [-0.1, -0.05) is 0 Å². The average Bonchev–Trinajstić information content (AvgIpc) is 2.39. The first kappa shape index (κ1) is 13.2. The van der Waals surface area contributed by atoms with Crippen molar-refractivity contribution in [3.8, 4) is 5.75 Å². The predicted molar refractivity (Wildman–Crippen MR) is 72.5 cm³/mol. The van der Waals surface area contributed by atoms with Crippen LogP contribution in [0.25, 0.3) is 0 Å². The van der Waals surface area contributed by atoms with E-state index in [1.807, 2.05) is 26.0 Å². The molecule has 1 aromatic heterocycles. The zero-order valence-electron chi connectivity index (χ0n) is 11.3. The number of carbonyl (C=O) groups is 1. The Kier molecular flexibility index (Phi) is 3.90. The smallest absolute Gasteiger partial charge is 0.170 e. The summed E-state index contributed by atoms with van der Waals surface area (Å²) < 4.78 is 5.29. The molecule has 0 saturated heterocycles. The Morgan fingerprint density at radius 2 is 1.74 bits per heavy atom. The van der Waals surface area contributed by atoms with Gasteiger partial charge in [0, 0.05) is 18.0 Å². The molecule has 0 aliphatic rings. The van der Waals surface area contributed by atoms with E-state index in [9.17, 15) is 4.79 Å². The second kappa shape index (κ2) is 5.61. The number of nitrogens with zero attached hydrogens (tertiary/aromatic N) is 2. The van der Waals surface area contributed by atoms with E-state index in [1.54, 1.807) is 25.6 Å². The van der Waals surface area contributed by atoms with Crippen LogP contribution < -0.4 is 4.74 Å². The summed E-state index contributed by atoms with van der Waals surface area (Å²) in [7, 11) is 1.63. The maximum Gasteiger partial charge on any atom is 0.170 e. The van der Waals surface area contributed by atoms with Crippen molar-refractivity contribution >= 4 is 5.78 Å². The van der Waals surface area contributed by atoms with Gasteiger partial charge in [-0.15, -0.1) is 0 Å². The maximum absolute atomic E-state index is 12.2. The third-order valence-electron chi connectivity index (χ3n) is 2.92. The van der Waals surface area contributed by atoms with E-state index < -0.39 is 0 Å². The molecule has 0 aliphatic carbocycles. The van der Waals surface area contributed by atoms with Crippen molar-refractivity contribution in [2.45, 2.75) is 20.3 Å². The molecular formula is C15H16N2O2. The lowest BCUT2D eigenvalue weighted by molar-refractivity contribution is 0.0990. The highest BCUT2D eigenvalue weighted by Gasteiger charge is 2.12. The lowest BCUT2D eigenvalue weighted by atomic mass is 10.0. The molecule has 0 bridgehead atoms. The highest BCUT2D eigenvalue weighted by molar-refractivity contribution is 5.97. The Labute approximate surface area is 112 Å². The van der Waals surface area contributed by atoms with E-state index in [-0.39, 0.29) is 12.2 Å². The lowest BCUT2D eigenvalue weighted by Crippen LogP contribution is -2.07. The molecule has 0 radical (unpaired) electrons. The van der Waals surface area contributed by atoms with Crippen LogP contribution in [0.3, 0.4) is 0 Å². The van der Waals surface area contributed by atoms with Crippen LogP contribution in [0.4, 0.5) is 0 Å². The topological polar surface area (TPSA) is 52.1 Å². The van der Waals surface area contributed by atoms with E-state index in [4.69, 9.17) is 4.74 Å². The van der Waals surface area contributed by atoms with Gasteiger partial charge >= 0.3 is 0 Å². The van der Waals surface area contributed by atoms with Crippen LogP contribution in [0.2, 0.25) is 0 Å². The average molecular weight is 256 g/mol. The molecule has 0 fully saturated rings. The van der Waals surface area contributed by atoms with Gasteiger partial charge in [-0.25, -0.2) is 9.97 Å². The van der Waals surface area contributed by atoms with Gasteiger partial charge < -0.3 is 4.74 Å². The fourth-order valence-electron chi connectivity index (χ4n) is 2.10. The second-order valence-corrected chi connectivity index (χ2v) is 4.41. The molecule has 2 rings (SSSR count). The molecule has 98 valence electrons. The summed E-state index contributed by atoms with van der Waals surface area (Å²) in [6, 6.07) is 5.42. The molecule has 2 aromatic rings. The molecule has 4 nitrogen and oxygen atoms in total. The van der Waals surface area contributed by atoms with Gasteiger partial charge in [0.05, 0.1) is 13.5 Å². The van der Waals surface area contributed by atoms with Gasteiger partial charge in [0.25, 0.3) is 0 Å². The first-order valence-electron chi connectivity index (χ1n) is 6.06. The Hall–Kier alpha value is -2.23. The molecule has 0 saturated carbocycles. The SMILES string of the molecule is COc1c(C)cc(C(=O)Cc2ncccn2)cc1C. The number of carbonyl (C=O) groups excluding carboxylic acids is 1. The number of ether oxygens (including phenoxy) is 1. The second-order valence-electron chi connectivity index (χ2n) is 4.41. The first-order valence-corrected chi connectivity index (χ1v) is 6.06. The van der Waals surface area contributed by atoms with Crippen LogP contribution in [0, 0.1) is 13.8 Å². The van der Waals surface area contributed by atoms with Crippen LogP contribution >= 0.6 is 0 Å². The minimum absolute atomic E-state index is 0.0139. The van der Waals surface area contributed by atoms with Crippen molar-refractivity contribution in [3.63, 3.8) is 0 Å².